The SMILES string of the molecule is CC(C)(CO)N1Cc2c(Cl)cccc2C1CN. The summed E-state index contributed by atoms with van der Waals surface area (Å²) in [5.41, 5.74) is 7.93. The molecule has 0 amide bonds. The maximum Gasteiger partial charge on any atom is 0.0610 e. The fourth-order valence-electron chi connectivity index (χ4n) is 2.48. The summed E-state index contributed by atoms with van der Waals surface area (Å²) in [7, 11) is 0. The summed E-state index contributed by atoms with van der Waals surface area (Å²) in [4.78, 5) is 2.23. The Bertz CT molecular complexity index is 420. The van der Waals surface area contributed by atoms with E-state index in [-0.39, 0.29) is 18.2 Å². The van der Waals surface area contributed by atoms with Crippen molar-refractivity contribution in [3.63, 3.8) is 0 Å². The second-order valence-corrected chi connectivity index (χ2v) is 5.56. The molecule has 1 atom stereocenters. The number of halogens is 1. The van der Waals surface area contributed by atoms with Crippen LogP contribution >= 0.6 is 11.6 Å². The number of nitrogens with two attached hydrogens (primary N) is 1. The number of hydrogen-bond donors (Lipinski definition) is 2. The van der Waals surface area contributed by atoms with Gasteiger partial charge in [0.15, 0.2) is 0 Å². The molecule has 1 aliphatic rings. The highest BCUT2D eigenvalue weighted by molar-refractivity contribution is 6.31. The standard InChI is InChI=1S/C13H19ClN2O/c1-13(2,8-17)16-7-10-9(12(16)6-15)4-3-5-11(10)14/h3-5,12,17H,6-8,15H2,1-2H3. The van der Waals surface area contributed by atoms with E-state index >= 15 is 0 Å². The van der Waals surface area contributed by atoms with E-state index in [9.17, 15) is 5.11 Å². The molecular formula is C13H19ClN2O. The zero-order valence-electron chi connectivity index (χ0n) is 10.3. The molecule has 1 aromatic rings. The summed E-state index contributed by atoms with van der Waals surface area (Å²) in [6.07, 6.45) is 0. The molecule has 1 aliphatic heterocycles. The van der Waals surface area contributed by atoms with Gasteiger partial charge in [0.05, 0.1) is 6.61 Å². The molecule has 0 radical (unpaired) electrons. The van der Waals surface area contributed by atoms with Crippen LogP contribution in [0, 0.1) is 0 Å². The second-order valence-electron chi connectivity index (χ2n) is 5.16. The molecule has 1 heterocycles. The summed E-state index contributed by atoms with van der Waals surface area (Å²) >= 11 is 6.22. The topological polar surface area (TPSA) is 49.5 Å². The lowest BCUT2D eigenvalue weighted by Crippen LogP contribution is -2.47. The van der Waals surface area contributed by atoms with Crippen LogP contribution in [0.25, 0.3) is 0 Å². The van der Waals surface area contributed by atoms with Gasteiger partial charge in [-0.05, 0) is 31.0 Å². The Hall–Kier alpha value is -0.610. The van der Waals surface area contributed by atoms with Gasteiger partial charge in [0.1, 0.15) is 0 Å². The highest BCUT2D eigenvalue weighted by Gasteiger charge is 2.38. The molecule has 0 spiro atoms. The molecule has 4 heteroatoms. The predicted molar refractivity (Wildman–Crippen MR) is 70.0 cm³/mol. The van der Waals surface area contributed by atoms with Crippen molar-refractivity contribution in [1.29, 1.82) is 0 Å². The number of hydrogen-bond acceptors (Lipinski definition) is 3. The van der Waals surface area contributed by atoms with Gasteiger partial charge in [-0.15, -0.1) is 0 Å². The molecule has 17 heavy (non-hydrogen) atoms. The number of aliphatic hydroxyl groups is 1. The van der Waals surface area contributed by atoms with E-state index in [1.807, 2.05) is 26.0 Å². The second kappa shape index (κ2) is 4.58. The average Bonchev–Trinajstić information content (AvgIpc) is 2.69. The van der Waals surface area contributed by atoms with Crippen molar-refractivity contribution in [3.8, 4) is 0 Å². The first kappa shape index (κ1) is 12.8. The van der Waals surface area contributed by atoms with E-state index in [0.717, 1.165) is 17.1 Å². The van der Waals surface area contributed by atoms with Gasteiger partial charge >= 0.3 is 0 Å². The Balaban J connectivity index is 2.41. The number of aliphatic hydroxyl groups excluding tert-OH is 1. The van der Waals surface area contributed by atoms with Gasteiger partial charge in [0.25, 0.3) is 0 Å². The van der Waals surface area contributed by atoms with Crippen LogP contribution in [-0.2, 0) is 6.54 Å². The Kier molecular flexibility index (Phi) is 3.46. The molecule has 3 nitrogen and oxygen atoms in total. The van der Waals surface area contributed by atoms with Gasteiger partial charge in [-0.25, -0.2) is 0 Å². The van der Waals surface area contributed by atoms with Gasteiger partial charge in [-0.3, -0.25) is 4.90 Å². The molecule has 0 aromatic heterocycles. The van der Waals surface area contributed by atoms with Crippen LogP contribution in [0.5, 0.6) is 0 Å². The molecule has 1 unspecified atom stereocenters. The van der Waals surface area contributed by atoms with Crippen LogP contribution in [0.1, 0.15) is 31.0 Å². The van der Waals surface area contributed by atoms with Gasteiger partial charge in [-0.2, -0.15) is 0 Å². The third-order valence-electron chi connectivity index (χ3n) is 3.61. The van der Waals surface area contributed by atoms with Crippen LogP contribution < -0.4 is 5.73 Å². The van der Waals surface area contributed by atoms with E-state index in [0.29, 0.717) is 6.54 Å². The normalized spacial score (nSPS) is 20.6. The number of benzene rings is 1. The summed E-state index contributed by atoms with van der Waals surface area (Å²) in [6, 6.07) is 6.08. The Morgan fingerprint density at radius 3 is 2.82 bits per heavy atom. The molecule has 0 fully saturated rings. The van der Waals surface area contributed by atoms with Gasteiger partial charge in [0.2, 0.25) is 0 Å². The lowest BCUT2D eigenvalue weighted by molar-refractivity contribution is 0.0293. The highest BCUT2D eigenvalue weighted by Crippen LogP contribution is 2.40. The minimum atomic E-state index is -0.285. The van der Waals surface area contributed by atoms with E-state index in [1.54, 1.807) is 0 Å². The van der Waals surface area contributed by atoms with Gasteiger partial charge in [-0.1, -0.05) is 23.7 Å². The van der Waals surface area contributed by atoms with E-state index in [4.69, 9.17) is 17.3 Å². The minimum Gasteiger partial charge on any atom is -0.394 e. The lowest BCUT2D eigenvalue weighted by Gasteiger charge is -2.38. The van der Waals surface area contributed by atoms with E-state index < -0.39 is 0 Å². The molecular weight excluding hydrogens is 236 g/mol. The number of fused-ring (bicyclic) bond motifs is 1. The molecule has 1 aromatic carbocycles. The quantitative estimate of drug-likeness (QED) is 0.867. The van der Waals surface area contributed by atoms with Crippen molar-refractivity contribution < 1.29 is 5.11 Å². The van der Waals surface area contributed by atoms with Crippen molar-refractivity contribution in [1.82, 2.24) is 4.90 Å². The largest absolute Gasteiger partial charge is 0.394 e. The minimum absolute atomic E-state index is 0.106. The zero-order chi connectivity index (χ0) is 12.6. The van der Waals surface area contributed by atoms with Crippen molar-refractivity contribution in [2.24, 2.45) is 5.73 Å². The Morgan fingerprint density at radius 2 is 2.24 bits per heavy atom. The Morgan fingerprint density at radius 1 is 1.53 bits per heavy atom. The molecule has 3 N–H and O–H groups in total. The number of rotatable bonds is 3. The first-order valence-electron chi connectivity index (χ1n) is 5.86. The fraction of sp³-hybridized carbons (Fsp3) is 0.538. The fourth-order valence-corrected chi connectivity index (χ4v) is 2.73. The van der Waals surface area contributed by atoms with Crippen molar-refractivity contribution >= 4 is 11.6 Å². The van der Waals surface area contributed by atoms with Gasteiger partial charge < -0.3 is 10.8 Å². The summed E-state index contributed by atoms with van der Waals surface area (Å²) in [5, 5.41) is 10.3. The van der Waals surface area contributed by atoms with Crippen LogP contribution in [0.4, 0.5) is 0 Å². The van der Waals surface area contributed by atoms with Crippen molar-refractivity contribution in [3.05, 3.63) is 34.3 Å². The third kappa shape index (κ3) is 2.08. The zero-order valence-corrected chi connectivity index (χ0v) is 11.0. The molecule has 94 valence electrons. The van der Waals surface area contributed by atoms with E-state index in [2.05, 4.69) is 11.0 Å². The first-order chi connectivity index (χ1) is 8.01. The monoisotopic (exact) mass is 254 g/mol. The predicted octanol–water partition coefficient (Wildman–Crippen LogP) is 1.93. The molecule has 0 aliphatic carbocycles. The highest BCUT2D eigenvalue weighted by atomic mass is 35.5. The van der Waals surface area contributed by atoms with E-state index in [1.165, 1.54) is 5.56 Å². The smallest absolute Gasteiger partial charge is 0.0610 e. The van der Waals surface area contributed by atoms with Crippen molar-refractivity contribution in [2.45, 2.75) is 32.0 Å². The van der Waals surface area contributed by atoms with Crippen LogP contribution in [0.2, 0.25) is 5.02 Å². The average molecular weight is 255 g/mol. The maximum absolute atomic E-state index is 9.50. The maximum atomic E-state index is 9.50. The third-order valence-corrected chi connectivity index (χ3v) is 3.96. The first-order valence-corrected chi connectivity index (χ1v) is 6.24. The van der Waals surface area contributed by atoms with Crippen LogP contribution in [-0.4, -0.2) is 28.7 Å². The van der Waals surface area contributed by atoms with Gasteiger partial charge in [0, 0.05) is 29.7 Å². The van der Waals surface area contributed by atoms with Crippen molar-refractivity contribution in [2.75, 3.05) is 13.2 Å². The summed E-state index contributed by atoms with van der Waals surface area (Å²) < 4.78 is 0. The summed E-state index contributed by atoms with van der Waals surface area (Å²) in [6.45, 7) is 5.45. The Labute approximate surface area is 107 Å². The van der Waals surface area contributed by atoms with Crippen LogP contribution in [0.3, 0.4) is 0 Å². The lowest BCUT2D eigenvalue weighted by atomic mass is 10.0. The molecule has 0 saturated carbocycles. The summed E-state index contributed by atoms with van der Waals surface area (Å²) in [5.74, 6) is 0. The molecule has 0 saturated heterocycles. The van der Waals surface area contributed by atoms with Crippen LogP contribution in [0.15, 0.2) is 18.2 Å². The molecule has 0 bridgehead atoms. The number of nitrogens with zero attached hydrogens (tertiary/aromatic N) is 1. The molecule has 2 rings (SSSR count).